The van der Waals surface area contributed by atoms with E-state index in [2.05, 4.69) is 15.6 Å². The molecular formula is C15H19N3O6. The zero-order chi connectivity index (χ0) is 17.1. The van der Waals surface area contributed by atoms with E-state index in [1.807, 2.05) is 13.8 Å². The summed E-state index contributed by atoms with van der Waals surface area (Å²) in [5.41, 5.74) is 1.21. The van der Waals surface area contributed by atoms with E-state index in [1.54, 1.807) is 0 Å². The van der Waals surface area contributed by atoms with Crippen LogP contribution < -0.4 is 10.9 Å². The number of carbonyl (C=O) groups is 1. The molecular weight excluding hydrogens is 318 g/mol. The van der Waals surface area contributed by atoms with Crippen molar-refractivity contribution in [1.29, 1.82) is 0 Å². The molecule has 2 aromatic heterocycles. The molecule has 0 spiro atoms. The third-order valence-electron chi connectivity index (χ3n) is 3.99. The van der Waals surface area contributed by atoms with Gasteiger partial charge in [0.2, 0.25) is 5.76 Å². The summed E-state index contributed by atoms with van der Waals surface area (Å²) in [6.07, 6.45) is 0.286. The average molecular weight is 337 g/mol. The summed E-state index contributed by atoms with van der Waals surface area (Å²) in [6, 6.07) is 0.862. The molecule has 1 aliphatic rings. The van der Waals surface area contributed by atoms with Crippen molar-refractivity contribution < 1.29 is 23.3 Å². The monoisotopic (exact) mass is 337 g/mol. The van der Waals surface area contributed by atoms with Gasteiger partial charge in [-0.1, -0.05) is 5.16 Å². The van der Waals surface area contributed by atoms with Crippen LogP contribution in [-0.2, 0) is 16.1 Å². The lowest BCUT2D eigenvalue weighted by atomic mass is 10.1. The Labute approximate surface area is 137 Å². The van der Waals surface area contributed by atoms with Crippen LogP contribution in [-0.4, -0.2) is 41.6 Å². The van der Waals surface area contributed by atoms with Crippen molar-refractivity contribution in [2.45, 2.75) is 39.0 Å². The Morgan fingerprint density at radius 2 is 2.33 bits per heavy atom. The molecule has 1 aliphatic heterocycles. The first kappa shape index (κ1) is 16.5. The minimum atomic E-state index is -0.466. The highest BCUT2D eigenvalue weighted by Crippen LogP contribution is 2.18. The summed E-state index contributed by atoms with van der Waals surface area (Å²) >= 11 is 0. The van der Waals surface area contributed by atoms with Gasteiger partial charge in [0.15, 0.2) is 0 Å². The van der Waals surface area contributed by atoms with Gasteiger partial charge in [0, 0.05) is 12.2 Å². The van der Waals surface area contributed by atoms with Gasteiger partial charge < -0.3 is 23.8 Å². The largest absolute Gasteiger partial charge is 0.379 e. The van der Waals surface area contributed by atoms with Crippen LogP contribution in [0.4, 0.5) is 0 Å². The van der Waals surface area contributed by atoms with Crippen molar-refractivity contribution in [1.82, 2.24) is 15.6 Å². The average Bonchev–Trinajstić information content (AvgIpc) is 3.13. The fourth-order valence-electron chi connectivity index (χ4n) is 2.57. The number of aryl methyl sites for hydroxylation is 2. The van der Waals surface area contributed by atoms with E-state index in [-0.39, 0.29) is 17.9 Å². The molecule has 0 bridgehead atoms. The number of H-pyrrole nitrogens is 1. The SMILES string of the molecule is Cc1noc(C)c1CO[C@@H]1COCC[C@H]1NC(=O)c1cc(=O)[nH]o1. The third-order valence-corrected chi connectivity index (χ3v) is 3.99. The van der Waals surface area contributed by atoms with Crippen LogP contribution in [0.5, 0.6) is 0 Å². The third kappa shape index (κ3) is 3.57. The number of hydrogen-bond donors (Lipinski definition) is 2. The Kier molecular flexibility index (Phi) is 4.81. The molecule has 24 heavy (non-hydrogen) atoms. The highest BCUT2D eigenvalue weighted by molar-refractivity contribution is 5.91. The molecule has 9 nitrogen and oxygen atoms in total. The maximum Gasteiger partial charge on any atom is 0.290 e. The smallest absolute Gasteiger partial charge is 0.290 e. The van der Waals surface area contributed by atoms with Gasteiger partial charge in [0.25, 0.3) is 11.5 Å². The first-order valence-electron chi connectivity index (χ1n) is 7.65. The zero-order valence-corrected chi connectivity index (χ0v) is 13.5. The van der Waals surface area contributed by atoms with Crippen LogP contribution in [0.25, 0.3) is 0 Å². The molecule has 1 amide bonds. The Hall–Kier alpha value is -2.39. The fraction of sp³-hybridized carbons (Fsp3) is 0.533. The van der Waals surface area contributed by atoms with Gasteiger partial charge in [0.1, 0.15) is 11.9 Å². The summed E-state index contributed by atoms with van der Waals surface area (Å²) in [5.74, 6) is 0.182. The standard InChI is InChI=1S/C15H19N3O6/c1-8-10(9(2)23-17-8)6-22-13-7-21-4-3-11(13)16-15(20)12-5-14(19)18-24-12/h5,11,13H,3-4,6-7H2,1-2H3,(H,16,20)(H,18,19)/t11-,13-/m1/s1. The Bertz CT molecular complexity index is 742. The van der Waals surface area contributed by atoms with Crippen LogP contribution >= 0.6 is 0 Å². The molecule has 1 fully saturated rings. The highest BCUT2D eigenvalue weighted by Gasteiger charge is 2.29. The van der Waals surface area contributed by atoms with Crippen molar-refractivity contribution in [2.75, 3.05) is 13.2 Å². The molecule has 130 valence electrons. The Balaban J connectivity index is 1.63. The number of ether oxygens (including phenoxy) is 2. The van der Waals surface area contributed by atoms with E-state index in [0.29, 0.717) is 32.0 Å². The summed E-state index contributed by atoms with van der Waals surface area (Å²) in [6.45, 7) is 4.88. The molecule has 0 aliphatic carbocycles. The van der Waals surface area contributed by atoms with E-state index in [0.717, 1.165) is 17.3 Å². The van der Waals surface area contributed by atoms with Crippen LogP contribution in [0, 0.1) is 13.8 Å². The quantitative estimate of drug-likeness (QED) is 0.823. The molecule has 0 unspecified atom stereocenters. The number of carbonyl (C=O) groups excluding carboxylic acids is 1. The van der Waals surface area contributed by atoms with Gasteiger partial charge in [0.05, 0.1) is 31.0 Å². The van der Waals surface area contributed by atoms with Gasteiger partial charge in [-0.25, -0.2) is 0 Å². The van der Waals surface area contributed by atoms with Gasteiger partial charge >= 0.3 is 0 Å². The second-order valence-corrected chi connectivity index (χ2v) is 5.67. The van der Waals surface area contributed by atoms with Gasteiger partial charge in [-0.3, -0.25) is 9.59 Å². The fourth-order valence-corrected chi connectivity index (χ4v) is 2.57. The molecule has 0 aromatic carbocycles. The van der Waals surface area contributed by atoms with Crippen LogP contribution in [0.1, 0.15) is 34.0 Å². The number of amides is 1. The Morgan fingerprint density at radius 1 is 1.50 bits per heavy atom. The van der Waals surface area contributed by atoms with E-state index in [1.165, 1.54) is 0 Å². The number of aromatic amines is 1. The molecule has 2 atom stereocenters. The van der Waals surface area contributed by atoms with Crippen molar-refractivity contribution in [2.24, 2.45) is 0 Å². The summed E-state index contributed by atoms with van der Waals surface area (Å²) in [5, 5.41) is 8.80. The van der Waals surface area contributed by atoms with Crippen LogP contribution in [0.3, 0.4) is 0 Å². The lowest BCUT2D eigenvalue weighted by Crippen LogP contribution is -2.49. The number of nitrogens with one attached hydrogen (secondary N) is 2. The van der Waals surface area contributed by atoms with Crippen molar-refractivity contribution in [3.05, 3.63) is 39.2 Å². The van der Waals surface area contributed by atoms with Crippen molar-refractivity contribution >= 4 is 5.91 Å². The maximum absolute atomic E-state index is 12.1. The summed E-state index contributed by atoms with van der Waals surface area (Å²) < 4.78 is 21.3. The van der Waals surface area contributed by atoms with Gasteiger partial charge in [-0.15, -0.1) is 0 Å². The molecule has 3 rings (SSSR count). The zero-order valence-electron chi connectivity index (χ0n) is 13.5. The lowest BCUT2D eigenvalue weighted by Gasteiger charge is -2.31. The van der Waals surface area contributed by atoms with Crippen LogP contribution in [0.15, 0.2) is 19.9 Å². The van der Waals surface area contributed by atoms with Gasteiger partial charge in [-0.05, 0) is 20.3 Å². The first-order valence-corrected chi connectivity index (χ1v) is 7.65. The Morgan fingerprint density at radius 3 is 3.00 bits per heavy atom. The maximum atomic E-state index is 12.1. The number of aromatic nitrogens is 2. The van der Waals surface area contributed by atoms with E-state index >= 15 is 0 Å². The van der Waals surface area contributed by atoms with E-state index < -0.39 is 11.5 Å². The topological polar surface area (TPSA) is 120 Å². The molecule has 0 radical (unpaired) electrons. The minimum absolute atomic E-state index is 0.0593. The second kappa shape index (κ2) is 7.02. The lowest BCUT2D eigenvalue weighted by molar-refractivity contribution is -0.0740. The van der Waals surface area contributed by atoms with E-state index in [4.69, 9.17) is 18.5 Å². The summed E-state index contributed by atoms with van der Waals surface area (Å²) in [4.78, 5) is 23.2. The van der Waals surface area contributed by atoms with Crippen molar-refractivity contribution in [3.63, 3.8) is 0 Å². The predicted octanol–water partition coefficient (Wildman–Crippen LogP) is 0.677. The normalized spacial score (nSPS) is 20.9. The number of nitrogens with zero attached hydrogens (tertiary/aromatic N) is 1. The molecule has 1 saturated heterocycles. The molecule has 0 saturated carbocycles. The molecule has 3 heterocycles. The predicted molar refractivity (Wildman–Crippen MR) is 80.6 cm³/mol. The summed E-state index contributed by atoms with van der Waals surface area (Å²) in [7, 11) is 0. The van der Waals surface area contributed by atoms with Crippen LogP contribution in [0.2, 0.25) is 0 Å². The molecule has 2 N–H and O–H groups in total. The van der Waals surface area contributed by atoms with Gasteiger partial charge in [-0.2, -0.15) is 5.16 Å². The van der Waals surface area contributed by atoms with Crippen molar-refractivity contribution in [3.8, 4) is 0 Å². The number of rotatable bonds is 5. The highest BCUT2D eigenvalue weighted by atomic mass is 16.5. The first-order chi connectivity index (χ1) is 11.5. The number of hydrogen-bond acceptors (Lipinski definition) is 7. The second-order valence-electron chi connectivity index (χ2n) is 5.67. The van der Waals surface area contributed by atoms with E-state index in [9.17, 15) is 9.59 Å². The molecule has 2 aromatic rings. The minimum Gasteiger partial charge on any atom is -0.379 e. The molecule has 9 heteroatoms.